The monoisotopic (exact) mass is 469 g/mol. The maximum atomic E-state index is 13.9. The number of anilines is 1. The number of hydrazine groups is 1. The predicted molar refractivity (Wildman–Crippen MR) is 127 cm³/mol. The molecule has 6 nitrogen and oxygen atoms in total. The fourth-order valence-corrected chi connectivity index (χ4v) is 3.87. The number of amidine groups is 1. The van der Waals surface area contributed by atoms with E-state index in [1.54, 1.807) is 18.4 Å². The molecule has 1 aliphatic rings. The smallest absolute Gasteiger partial charge is 0.194 e. The molecule has 0 amide bonds. The summed E-state index contributed by atoms with van der Waals surface area (Å²) in [4.78, 5) is 8.86. The van der Waals surface area contributed by atoms with Crippen molar-refractivity contribution in [2.75, 3.05) is 31.8 Å². The van der Waals surface area contributed by atoms with E-state index in [-0.39, 0.29) is 5.69 Å². The average Bonchev–Trinajstić information content (AvgIpc) is 3.27. The molecule has 0 atom stereocenters. The van der Waals surface area contributed by atoms with Crippen LogP contribution in [0.5, 0.6) is 5.75 Å². The van der Waals surface area contributed by atoms with Crippen LogP contribution in [-0.4, -0.2) is 47.1 Å². The van der Waals surface area contributed by atoms with Gasteiger partial charge in [0, 0.05) is 24.9 Å². The molecule has 3 aromatic rings. The van der Waals surface area contributed by atoms with E-state index in [0.717, 1.165) is 35.5 Å². The summed E-state index contributed by atoms with van der Waals surface area (Å²) >= 11 is 0. The number of ether oxygens (including phenoxy) is 1. The lowest BCUT2D eigenvalue weighted by Crippen LogP contribution is -2.51. The van der Waals surface area contributed by atoms with Gasteiger partial charge in [-0.25, -0.2) is 18.2 Å². The molecule has 0 saturated carbocycles. The fraction of sp³-hybridized carbons (Fsp3) is 0.280. The number of aryl methyl sites for hydroxylation is 1. The summed E-state index contributed by atoms with van der Waals surface area (Å²) in [6, 6.07) is 7.84. The Labute approximate surface area is 196 Å². The van der Waals surface area contributed by atoms with Crippen LogP contribution in [0, 0.1) is 24.4 Å². The van der Waals surface area contributed by atoms with Gasteiger partial charge in [-0.3, -0.25) is 15.0 Å². The molecule has 0 bridgehead atoms. The summed E-state index contributed by atoms with van der Waals surface area (Å²) in [7, 11) is 1.61. The maximum Gasteiger partial charge on any atom is 0.194 e. The van der Waals surface area contributed by atoms with Gasteiger partial charge in [0.2, 0.25) is 0 Å². The van der Waals surface area contributed by atoms with Crippen molar-refractivity contribution in [1.82, 2.24) is 14.6 Å². The Morgan fingerprint density at radius 3 is 2.50 bits per heavy atom. The van der Waals surface area contributed by atoms with E-state index in [2.05, 4.69) is 9.98 Å². The lowest BCUT2D eigenvalue weighted by Gasteiger charge is -2.40. The Morgan fingerprint density at radius 1 is 1.09 bits per heavy atom. The molecule has 2 aromatic carbocycles. The van der Waals surface area contributed by atoms with Gasteiger partial charge in [0.25, 0.3) is 0 Å². The average molecular weight is 470 g/mol. The maximum absolute atomic E-state index is 13.9. The van der Waals surface area contributed by atoms with Gasteiger partial charge in [-0.1, -0.05) is 19.1 Å². The summed E-state index contributed by atoms with van der Waals surface area (Å²) < 4.78 is 48.7. The first-order valence-corrected chi connectivity index (χ1v) is 11.0. The van der Waals surface area contributed by atoms with E-state index in [1.807, 2.05) is 60.0 Å². The van der Waals surface area contributed by atoms with E-state index in [9.17, 15) is 13.2 Å². The largest absolute Gasteiger partial charge is 0.495 e. The molecule has 2 heterocycles. The van der Waals surface area contributed by atoms with Crippen LogP contribution in [0.3, 0.4) is 0 Å². The SMILES string of the molecule is CCCN1C(/C=C/c2ccc(-n3cnc(C)c3)c(OC)c2)=NCCN1c1cc(F)c(F)c(F)c1. The Bertz CT molecular complexity index is 1210. The molecule has 0 unspecified atom stereocenters. The summed E-state index contributed by atoms with van der Waals surface area (Å²) in [6.45, 7) is 5.36. The normalized spacial score (nSPS) is 14.1. The van der Waals surface area contributed by atoms with Gasteiger partial charge in [-0.15, -0.1) is 0 Å². The number of hydrogen-bond acceptors (Lipinski definition) is 5. The molecule has 9 heteroatoms. The number of hydrogen-bond donors (Lipinski definition) is 0. The predicted octanol–water partition coefficient (Wildman–Crippen LogP) is 5.17. The number of methoxy groups -OCH3 is 1. The zero-order valence-corrected chi connectivity index (χ0v) is 19.3. The number of aliphatic imine (C=N–C) groups is 1. The summed E-state index contributed by atoms with van der Waals surface area (Å²) in [5.41, 5.74) is 2.91. The van der Waals surface area contributed by atoms with E-state index in [1.165, 1.54) is 0 Å². The van der Waals surface area contributed by atoms with Crippen molar-refractivity contribution < 1.29 is 17.9 Å². The Kier molecular flexibility index (Phi) is 6.90. The number of halogens is 3. The van der Waals surface area contributed by atoms with Crippen LogP contribution in [-0.2, 0) is 0 Å². The van der Waals surface area contributed by atoms with E-state index >= 15 is 0 Å². The molecular weight excluding hydrogens is 443 g/mol. The molecule has 0 N–H and O–H groups in total. The molecule has 0 radical (unpaired) electrons. The first-order chi connectivity index (χ1) is 16.4. The summed E-state index contributed by atoms with van der Waals surface area (Å²) in [5, 5.41) is 3.58. The van der Waals surface area contributed by atoms with Crippen LogP contribution in [0.1, 0.15) is 24.6 Å². The van der Waals surface area contributed by atoms with Crippen LogP contribution in [0.2, 0.25) is 0 Å². The molecule has 1 aromatic heterocycles. The van der Waals surface area contributed by atoms with Gasteiger partial charge in [-0.2, -0.15) is 0 Å². The standard InChI is InChI=1S/C25H26F3N5O/c1-4-10-33-24(29-9-11-32(33)19-13-20(26)25(28)21(27)14-19)8-6-18-5-7-22(23(12-18)34-3)31-15-17(2)30-16-31/h5-8,12-16H,4,9-11H2,1-3H3/b8-6+. The van der Waals surface area contributed by atoms with Crippen LogP contribution < -0.4 is 9.75 Å². The topological polar surface area (TPSA) is 45.9 Å². The van der Waals surface area contributed by atoms with E-state index in [0.29, 0.717) is 31.2 Å². The van der Waals surface area contributed by atoms with Crippen molar-refractivity contribution in [3.8, 4) is 11.4 Å². The third-order valence-corrected chi connectivity index (χ3v) is 5.46. The van der Waals surface area contributed by atoms with Gasteiger partial charge in [0.1, 0.15) is 11.6 Å². The first-order valence-electron chi connectivity index (χ1n) is 11.0. The van der Waals surface area contributed by atoms with Gasteiger partial charge >= 0.3 is 0 Å². The zero-order chi connectivity index (χ0) is 24.2. The van der Waals surface area contributed by atoms with E-state index in [4.69, 9.17) is 4.74 Å². The minimum atomic E-state index is -1.47. The first kappa shape index (κ1) is 23.4. The highest BCUT2D eigenvalue weighted by molar-refractivity contribution is 5.98. The highest BCUT2D eigenvalue weighted by atomic mass is 19.2. The minimum Gasteiger partial charge on any atom is -0.495 e. The number of imidazole rings is 1. The molecule has 0 saturated heterocycles. The van der Waals surface area contributed by atoms with Gasteiger partial charge in [-0.05, 0) is 37.1 Å². The molecule has 178 valence electrons. The second-order valence-electron chi connectivity index (χ2n) is 7.90. The zero-order valence-electron chi connectivity index (χ0n) is 19.3. The molecule has 4 rings (SSSR count). The van der Waals surface area contributed by atoms with Crippen molar-refractivity contribution in [3.63, 3.8) is 0 Å². The Balaban J connectivity index is 1.61. The van der Waals surface area contributed by atoms with Crippen LogP contribution >= 0.6 is 0 Å². The Hall–Kier alpha value is -3.75. The lowest BCUT2D eigenvalue weighted by molar-refractivity contribution is 0.367. The number of aromatic nitrogens is 2. The highest BCUT2D eigenvalue weighted by Crippen LogP contribution is 2.27. The molecule has 1 aliphatic heterocycles. The Morgan fingerprint density at radius 2 is 1.85 bits per heavy atom. The van der Waals surface area contributed by atoms with Gasteiger partial charge in [0.05, 0.1) is 43.6 Å². The van der Waals surface area contributed by atoms with Gasteiger partial charge < -0.3 is 9.30 Å². The second kappa shape index (κ2) is 10.0. The quantitative estimate of drug-likeness (QED) is 0.448. The van der Waals surface area contributed by atoms with Crippen molar-refractivity contribution in [1.29, 1.82) is 0 Å². The van der Waals surface area contributed by atoms with Gasteiger partial charge in [0.15, 0.2) is 17.5 Å². The number of nitrogens with zero attached hydrogens (tertiary/aromatic N) is 5. The molecule has 0 fully saturated rings. The van der Waals surface area contributed by atoms with Crippen LogP contribution in [0.4, 0.5) is 18.9 Å². The third-order valence-electron chi connectivity index (χ3n) is 5.46. The molecule has 34 heavy (non-hydrogen) atoms. The molecular formula is C25H26F3N5O. The fourth-order valence-electron chi connectivity index (χ4n) is 3.87. The van der Waals surface area contributed by atoms with Crippen molar-refractivity contribution in [2.24, 2.45) is 4.99 Å². The highest BCUT2D eigenvalue weighted by Gasteiger charge is 2.24. The number of rotatable bonds is 7. The van der Waals surface area contributed by atoms with Crippen molar-refractivity contribution in [2.45, 2.75) is 20.3 Å². The molecule has 0 aliphatic carbocycles. The molecule has 0 spiro atoms. The number of benzene rings is 2. The van der Waals surface area contributed by atoms with Crippen LogP contribution in [0.25, 0.3) is 11.8 Å². The van der Waals surface area contributed by atoms with Crippen LogP contribution in [0.15, 0.2) is 53.9 Å². The third kappa shape index (κ3) is 4.78. The van der Waals surface area contributed by atoms with E-state index < -0.39 is 17.5 Å². The summed E-state index contributed by atoms with van der Waals surface area (Å²) in [6.07, 6.45) is 8.19. The minimum absolute atomic E-state index is 0.243. The summed E-state index contributed by atoms with van der Waals surface area (Å²) in [5.74, 6) is -2.57. The second-order valence-corrected chi connectivity index (χ2v) is 7.90. The lowest BCUT2D eigenvalue weighted by atomic mass is 10.1. The van der Waals surface area contributed by atoms with Crippen molar-refractivity contribution >= 4 is 17.6 Å². The van der Waals surface area contributed by atoms with Crippen molar-refractivity contribution in [3.05, 3.63) is 77.6 Å².